The van der Waals surface area contributed by atoms with Crippen LogP contribution in [0.1, 0.15) is 19.4 Å². The molecule has 1 rings (SSSR count). The molecule has 0 aliphatic rings. The first kappa shape index (κ1) is 17.7. The molecule has 0 aliphatic heterocycles. The molecule has 2 atom stereocenters. The van der Waals surface area contributed by atoms with Crippen molar-refractivity contribution in [3.05, 3.63) is 35.9 Å². The molecule has 1 aromatic rings. The largest absolute Gasteiger partial charge is 0.352 e. The first-order valence-electron chi connectivity index (χ1n) is 7.63. The molecule has 4 nitrogen and oxygen atoms in total. The molecule has 0 aromatic heterocycles. The van der Waals surface area contributed by atoms with Gasteiger partial charge in [0.2, 0.25) is 5.91 Å². The fraction of sp³-hybridized carbons (Fsp3) is 0.588. The maximum atomic E-state index is 12.5. The van der Waals surface area contributed by atoms with Crippen molar-refractivity contribution < 1.29 is 4.79 Å². The highest BCUT2D eigenvalue weighted by Gasteiger charge is 2.22. The number of likely N-dealkylation sites (N-methyl/N-ethyl adjacent to an activating group) is 1. The van der Waals surface area contributed by atoms with Gasteiger partial charge in [-0.05, 0) is 32.0 Å². The standard InChI is InChI=1S/C17H29N3O/c1-13(2)16(12-20(3)4)19-17(21)15(11-18)10-14-8-6-5-7-9-14/h5-9,13,15-16H,10-12,18H2,1-4H3,(H,19,21). The van der Waals surface area contributed by atoms with Crippen LogP contribution in [0.15, 0.2) is 30.3 Å². The van der Waals surface area contributed by atoms with Gasteiger partial charge in [0.15, 0.2) is 0 Å². The third-order valence-corrected chi connectivity index (χ3v) is 3.67. The maximum absolute atomic E-state index is 12.5. The van der Waals surface area contributed by atoms with Gasteiger partial charge in [0.1, 0.15) is 0 Å². The summed E-state index contributed by atoms with van der Waals surface area (Å²) in [4.78, 5) is 14.6. The van der Waals surface area contributed by atoms with Crippen molar-refractivity contribution in [3.8, 4) is 0 Å². The third-order valence-electron chi connectivity index (χ3n) is 3.67. The van der Waals surface area contributed by atoms with E-state index < -0.39 is 0 Å². The SMILES string of the molecule is CC(C)C(CN(C)C)NC(=O)C(CN)Cc1ccccc1. The van der Waals surface area contributed by atoms with Gasteiger partial charge >= 0.3 is 0 Å². The van der Waals surface area contributed by atoms with Crippen molar-refractivity contribution in [2.75, 3.05) is 27.2 Å². The van der Waals surface area contributed by atoms with Crippen LogP contribution in [0.4, 0.5) is 0 Å². The number of carbonyl (C=O) groups excluding carboxylic acids is 1. The highest BCUT2D eigenvalue weighted by molar-refractivity contribution is 5.79. The molecular weight excluding hydrogens is 262 g/mol. The van der Waals surface area contributed by atoms with Crippen LogP contribution in [0.2, 0.25) is 0 Å². The average molecular weight is 291 g/mol. The number of nitrogens with zero attached hydrogens (tertiary/aromatic N) is 1. The van der Waals surface area contributed by atoms with Crippen LogP contribution >= 0.6 is 0 Å². The Hall–Kier alpha value is -1.39. The van der Waals surface area contributed by atoms with Gasteiger partial charge in [-0.15, -0.1) is 0 Å². The molecule has 0 aliphatic carbocycles. The number of carbonyl (C=O) groups is 1. The number of benzene rings is 1. The molecule has 0 fully saturated rings. The van der Waals surface area contributed by atoms with Gasteiger partial charge < -0.3 is 16.0 Å². The average Bonchev–Trinajstić information content (AvgIpc) is 2.44. The topological polar surface area (TPSA) is 58.4 Å². The van der Waals surface area contributed by atoms with Crippen LogP contribution in [0.5, 0.6) is 0 Å². The van der Waals surface area contributed by atoms with Crippen molar-refractivity contribution >= 4 is 5.91 Å². The zero-order valence-corrected chi connectivity index (χ0v) is 13.7. The summed E-state index contributed by atoms with van der Waals surface area (Å²) in [6, 6.07) is 10.2. The van der Waals surface area contributed by atoms with E-state index in [4.69, 9.17) is 5.73 Å². The maximum Gasteiger partial charge on any atom is 0.224 e. The van der Waals surface area contributed by atoms with Gasteiger partial charge in [-0.1, -0.05) is 44.2 Å². The predicted octanol–water partition coefficient (Wildman–Crippen LogP) is 1.51. The molecule has 0 saturated heterocycles. The summed E-state index contributed by atoms with van der Waals surface area (Å²) in [6.07, 6.45) is 0.690. The molecule has 118 valence electrons. The van der Waals surface area contributed by atoms with Crippen molar-refractivity contribution in [1.82, 2.24) is 10.2 Å². The van der Waals surface area contributed by atoms with Crippen LogP contribution in [0.3, 0.4) is 0 Å². The normalized spacial score (nSPS) is 14.2. The van der Waals surface area contributed by atoms with E-state index in [-0.39, 0.29) is 17.9 Å². The molecule has 4 heteroatoms. The summed E-state index contributed by atoms with van der Waals surface area (Å²) in [5.74, 6) is 0.282. The minimum atomic E-state index is -0.171. The first-order chi connectivity index (χ1) is 9.93. The van der Waals surface area contributed by atoms with Crippen molar-refractivity contribution in [1.29, 1.82) is 0 Å². The summed E-state index contributed by atoms with van der Waals surface area (Å²) in [7, 11) is 4.04. The summed E-state index contributed by atoms with van der Waals surface area (Å²) in [5, 5.41) is 3.16. The zero-order valence-electron chi connectivity index (χ0n) is 13.7. The molecule has 1 amide bonds. The molecule has 2 unspecified atom stereocenters. The minimum absolute atomic E-state index is 0.0573. The summed E-state index contributed by atoms with van der Waals surface area (Å²) < 4.78 is 0. The summed E-state index contributed by atoms with van der Waals surface area (Å²) in [5.41, 5.74) is 6.95. The lowest BCUT2D eigenvalue weighted by Gasteiger charge is -2.27. The minimum Gasteiger partial charge on any atom is -0.352 e. The van der Waals surface area contributed by atoms with Gasteiger partial charge in [-0.2, -0.15) is 0 Å². The number of rotatable bonds is 8. The molecular formula is C17H29N3O. The number of nitrogens with two attached hydrogens (primary N) is 1. The summed E-state index contributed by atoms with van der Waals surface area (Å²) >= 11 is 0. The first-order valence-corrected chi connectivity index (χ1v) is 7.63. The second kappa shape index (κ2) is 8.80. The Morgan fingerprint density at radius 1 is 1.24 bits per heavy atom. The van der Waals surface area contributed by atoms with Crippen molar-refractivity contribution in [2.24, 2.45) is 17.6 Å². The number of hydrogen-bond donors (Lipinski definition) is 2. The van der Waals surface area contributed by atoms with Crippen LogP contribution in [-0.4, -0.2) is 44.0 Å². The fourth-order valence-corrected chi connectivity index (χ4v) is 2.30. The molecule has 0 spiro atoms. The third kappa shape index (κ3) is 6.27. The van der Waals surface area contributed by atoms with Gasteiger partial charge in [-0.25, -0.2) is 0 Å². The Morgan fingerprint density at radius 2 is 1.86 bits per heavy atom. The number of amides is 1. The van der Waals surface area contributed by atoms with Crippen LogP contribution in [-0.2, 0) is 11.2 Å². The van der Waals surface area contributed by atoms with E-state index >= 15 is 0 Å². The van der Waals surface area contributed by atoms with E-state index in [2.05, 4.69) is 24.1 Å². The number of hydrogen-bond acceptors (Lipinski definition) is 3. The second-order valence-electron chi connectivity index (χ2n) is 6.24. The molecule has 21 heavy (non-hydrogen) atoms. The van der Waals surface area contributed by atoms with Crippen LogP contribution < -0.4 is 11.1 Å². The lowest BCUT2D eigenvalue weighted by atomic mass is 9.97. The Morgan fingerprint density at radius 3 is 2.33 bits per heavy atom. The highest BCUT2D eigenvalue weighted by Crippen LogP contribution is 2.10. The summed E-state index contributed by atoms with van der Waals surface area (Å²) in [6.45, 7) is 5.46. The van der Waals surface area contributed by atoms with E-state index in [9.17, 15) is 4.79 Å². The molecule has 3 N–H and O–H groups in total. The quantitative estimate of drug-likeness (QED) is 0.763. The highest BCUT2D eigenvalue weighted by atomic mass is 16.2. The van der Waals surface area contributed by atoms with Crippen LogP contribution in [0.25, 0.3) is 0 Å². The molecule has 0 bridgehead atoms. The van der Waals surface area contributed by atoms with Gasteiger partial charge in [0.25, 0.3) is 0 Å². The molecule has 0 radical (unpaired) electrons. The Balaban J connectivity index is 2.65. The molecule has 0 saturated carbocycles. The van der Waals surface area contributed by atoms with E-state index in [1.807, 2.05) is 44.4 Å². The smallest absolute Gasteiger partial charge is 0.224 e. The Kier molecular flexibility index (Phi) is 7.40. The van der Waals surface area contributed by atoms with E-state index in [0.717, 1.165) is 12.1 Å². The zero-order chi connectivity index (χ0) is 15.8. The van der Waals surface area contributed by atoms with E-state index in [0.29, 0.717) is 18.9 Å². The second-order valence-corrected chi connectivity index (χ2v) is 6.24. The van der Waals surface area contributed by atoms with Crippen LogP contribution in [0, 0.1) is 11.8 Å². The lowest BCUT2D eigenvalue weighted by molar-refractivity contribution is -0.125. The Bertz CT molecular complexity index is 417. The molecule has 1 aromatic carbocycles. The van der Waals surface area contributed by atoms with Crippen molar-refractivity contribution in [3.63, 3.8) is 0 Å². The van der Waals surface area contributed by atoms with Gasteiger partial charge in [0, 0.05) is 19.1 Å². The molecule has 0 heterocycles. The van der Waals surface area contributed by atoms with Gasteiger partial charge in [-0.3, -0.25) is 4.79 Å². The van der Waals surface area contributed by atoms with E-state index in [1.54, 1.807) is 0 Å². The van der Waals surface area contributed by atoms with Gasteiger partial charge in [0.05, 0.1) is 5.92 Å². The van der Waals surface area contributed by atoms with Crippen molar-refractivity contribution in [2.45, 2.75) is 26.3 Å². The fourth-order valence-electron chi connectivity index (χ4n) is 2.30. The lowest BCUT2D eigenvalue weighted by Crippen LogP contribution is -2.48. The number of nitrogens with one attached hydrogen (secondary N) is 1. The predicted molar refractivity (Wildman–Crippen MR) is 88.0 cm³/mol. The monoisotopic (exact) mass is 291 g/mol. The van der Waals surface area contributed by atoms with E-state index in [1.165, 1.54) is 0 Å². The Labute approximate surface area is 128 Å².